The Balaban J connectivity index is 1.31. The van der Waals surface area contributed by atoms with Crippen molar-refractivity contribution in [3.8, 4) is 11.5 Å². The van der Waals surface area contributed by atoms with Crippen LogP contribution < -0.4 is 9.47 Å². The summed E-state index contributed by atoms with van der Waals surface area (Å²) in [6.07, 6.45) is 2.25. The third kappa shape index (κ3) is 12.4. The molecule has 0 bridgehead atoms. The zero-order valence-electron chi connectivity index (χ0n) is 23.7. The number of rotatable bonds is 16. The van der Waals surface area contributed by atoms with E-state index < -0.39 is 5.97 Å². The predicted molar refractivity (Wildman–Crippen MR) is 156 cm³/mol. The number of carbonyl (C=O) groups is 4. The second-order valence-corrected chi connectivity index (χ2v) is 11.7. The second kappa shape index (κ2) is 18.5. The highest BCUT2D eigenvalue weighted by atomic mass is 32.2. The molecular formula is C30H36O10S2. The molecule has 42 heavy (non-hydrogen) atoms. The maximum absolute atomic E-state index is 12.7. The maximum atomic E-state index is 12.7. The van der Waals surface area contributed by atoms with Crippen molar-refractivity contribution in [3.05, 3.63) is 48.5 Å². The summed E-state index contributed by atoms with van der Waals surface area (Å²) in [5.41, 5.74) is 0. The number of esters is 4. The SMILES string of the molecule is COC(=O)COCCSc1ccc(OC(=O)C2CCC(C(=O)Oc3ccc(SCCOCOC(C)=O)cc3)CC2)cc1. The lowest BCUT2D eigenvalue weighted by molar-refractivity contribution is -0.153. The zero-order chi connectivity index (χ0) is 30.2. The molecule has 2 aromatic carbocycles. The Hall–Kier alpha value is -3.06. The van der Waals surface area contributed by atoms with Crippen LogP contribution in [0.15, 0.2) is 58.3 Å². The van der Waals surface area contributed by atoms with Gasteiger partial charge in [-0.05, 0) is 74.2 Å². The van der Waals surface area contributed by atoms with Gasteiger partial charge in [-0.1, -0.05) is 0 Å². The third-order valence-electron chi connectivity index (χ3n) is 6.26. The molecule has 3 rings (SSSR count). The molecule has 0 heterocycles. The molecule has 1 saturated carbocycles. The summed E-state index contributed by atoms with van der Waals surface area (Å²) in [5.74, 6) is 0.432. The molecule has 0 spiro atoms. The van der Waals surface area contributed by atoms with E-state index in [1.807, 2.05) is 24.3 Å². The number of hydrogen-bond donors (Lipinski definition) is 0. The summed E-state index contributed by atoms with van der Waals surface area (Å²) in [5, 5.41) is 0. The summed E-state index contributed by atoms with van der Waals surface area (Å²) in [4.78, 5) is 49.1. The molecule has 0 atom stereocenters. The van der Waals surface area contributed by atoms with E-state index in [2.05, 4.69) is 4.74 Å². The van der Waals surface area contributed by atoms with Crippen LogP contribution in [-0.2, 0) is 38.1 Å². The normalized spacial score (nSPS) is 16.3. The van der Waals surface area contributed by atoms with Gasteiger partial charge in [0, 0.05) is 28.2 Å². The fraction of sp³-hybridized carbons (Fsp3) is 0.467. The Labute approximate surface area is 254 Å². The molecule has 0 aliphatic heterocycles. The molecule has 12 heteroatoms. The van der Waals surface area contributed by atoms with Crippen LogP contribution in [0.2, 0.25) is 0 Å². The molecule has 0 radical (unpaired) electrons. The second-order valence-electron chi connectivity index (χ2n) is 9.32. The molecule has 1 aliphatic carbocycles. The van der Waals surface area contributed by atoms with E-state index in [1.165, 1.54) is 14.0 Å². The van der Waals surface area contributed by atoms with Gasteiger partial charge in [0.2, 0.25) is 0 Å². The van der Waals surface area contributed by atoms with Crippen LogP contribution in [0.5, 0.6) is 11.5 Å². The molecule has 0 aromatic heterocycles. The van der Waals surface area contributed by atoms with Crippen LogP contribution in [0.4, 0.5) is 0 Å². The lowest BCUT2D eigenvalue weighted by atomic mass is 9.82. The number of hydrogen-bond acceptors (Lipinski definition) is 12. The predicted octanol–water partition coefficient (Wildman–Crippen LogP) is 4.92. The number of ether oxygens (including phenoxy) is 6. The highest BCUT2D eigenvalue weighted by molar-refractivity contribution is 7.99. The largest absolute Gasteiger partial charge is 0.467 e. The molecule has 1 fully saturated rings. The summed E-state index contributed by atoms with van der Waals surface area (Å²) < 4.78 is 30.8. The van der Waals surface area contributed by atoms with Crippen LogP contribution in [0.25, 0.3) is 0 Å². The average molecular weight is 621 g/mol. The first-order chi connectivity index (χ1) is 20.3. The lowest BCUT2D eigenvalue weighted by Gasteiger charge is -2.25. The minimum Gasteiger partial charge on any atom is -0.467 e. The zero-order valence-corrected chi connectivity index (χ0v) is 25.4. The molecule has 10 nitrogen and oxygen atoms in total. The van der Waals surface area contributed by atoms with Crippen molar-refractivity contribution in [2.75, 3.05) is 45.2 Å². The fourth-order valence-corrected chi connectivity index (χ4v) is 5.54. The van der Waals surface area contributed by atoms with E-state index in [-0.39, 0.29) is 43.1 Å². The van der Waals surface area contributed by atoms with Crippen LogP contribution in [0.1, 0.15) is 32.6 Å². The van der Waals surface area contributed by atoms with Crippen LogP contribution in [-0.4, -0.2) is 69.1 Å². The average Bonchev–Trinajstić information content (AvgIpc) is 3.00. The Morgan fingerprint density at radius 2 is 1.17 bits per heavy atom. The molecule has 0 saturated heterocycles. The number of carbonyl (C=O) groups excluding carboxylic acids is 4. The van der Waals surface area contributed by atoms with Gasteiger partial charge in [0.05, 0.1) is 32.2 Å². The van der Waals surface area contributed by atoms with Gasteiger partial charge >= 0.3 is 23.9 Å². The van der Waals surface area contributed by atoms with E-state index in [1.54, 1.807) is 47.8 Å². The van der Waals surface area contributed by atoms with Crippen molar-refractivity contribution < 1.29 is 47.6 Å². The van der Waals surface area contributed by atoms with Gasteiger partial charge in [0.25, 0.3) is 0 Å². The molecule has 228 valence electrons. The van der Waals surface area contributed by atoms with E-state index in [0.717, 1.165) is 9.79 Å². The maximum Gasteiger partial charge on any atom is 0.331 e. The van der Waals surface area contributed by atoms with Gasteiger partial charge in [-0.25, -0.2) is 4.79 Å². The number of methoxy groups -OCH3 is 1. The molecular weight excluding hydrogens is 584 g/mol. The van der Waals surface area contributed by atoms with Crippen molar-refractivity contribution >= 4 is 47.4 Å². The van der Waals surface area contributed by atoms with Gasteiger partial charge in [0.15, 0.2) is 6.79 Å². The number of thioether (sulfide) groups is 2. The monoisotopic (exact) mass is 620 g/mol. The number of benzene rings is 2. The first kappa shape index (κ1) is 33.4. The minimum absolute atomic E-state index is 0.0543. The van der Waals surface area contributed by atoms with Gasteiger partial charge < -0.3 is 28.4 Å². The minimum atomic E-state index is -0.407. The van der Waals surface area contributed by atoms with Crippen LogP contribution in [0.3, 0.4) is 0 Å². The Morgan fingerprint density at radius 1 is 0.714 bits per heavy atom. The quantitative estimate of drug-likeness (QED) is 0.0832. The summed E-state index contributed by atoms with van der Waals surface area (Å²) in [6.45, 7) is 2.06. The van der Waals surface area contributed by atoms with Crippen LogP contribution >= 0.6 is 23.5 Å². The van der Waals surface area contributed by atoms with Crippen LogP contribution in [0, 0.1) is 11.8 Å². The van der Waals surface area contributed by atoms with E-state index in [9.17, 15) is 19.2 Å². The fourth-order valence-electron chi connectivity index (χ4n) is 4.01. The standard InChI is InChI=1S/C30H36O10S2/c1-21(31)38-20-37-16-18-42-27-13-9-25(10-14-27)40-30(34)23-5-3-22(4-6-23)29(33)39-24-7-11-26(12-8-24)41-17-15-36-19-28(32)35-2/h7-14,22-23H,3-6,15-20H2,1-2H3. The molecule has 2 aromatic rings. The summed E-state index contributed by atoms with van der Waals surface area (Å²) >= 11 is 3.14. The van der Waals surface area contributed by atoms with Gasteiger partial charge in [-0.3, -0.25) is 14.4 Å². The summed E-state index contributed by atoms with van der Waals surface area (Å²) in [7, 11) is 1.32. The Bertz CT molecular complexity index is 1150. The molecule has 0 amide bonds. The van der Waals surface area contributed by atoms with Crippen molar-refractivity contribution in [3.63, 3.8) is 0 Å². The van der Waals surface area contributed by atoms with E-state index >= 15 is 0 Å². The third-order valence-corrected chi connectivity index (χ3v) is 8.22. The first-order valence-electron chi connectivity index (χ1n) is 13.6. The smallest absolute Gasteiger partial charge is 0.331 e. The van der Waals surface area contributed by atoms with Crippen molar-refractivity contribution in [1.82, 2.24) is 0 Å². The van der Waals surface area contributed by atoms with Gasteiger partial charge in [0.1, 0.15) is 18.1 Å². The van der Waals surface area contributed by atoms with Crippen molar-refractivity contribution in [1.29, 1.82) is 0 Å². The van der Waals surface area contributed by atoms with Crippen molar-refractivity contribution in [2.24, 2.45) is 11.8 Å². The van der Waals surface area contributed by atoms with Gasteiger partial charge in [-0.15, -0.1) is 23.5 Å². The molecule has 0 unspecified atom stereocenters. The van der Waals surface area contributed by atoms with E-state index in [0.29, 0.717) is 61.9 Å². The molecule has 1 aliphatic rings. The highest BCUT2D eigenvalue weighted by Crippen LogP contribution is 2.32. The molecule has 0 N–H and O–H groups in total. The summed E-state index contributed by atoms with van der Waals surface area (Å²) in [6, 6.07) is 14.5. The Morgan fingerprint density at radius 3 is 1.60 bits per heavy atom. The van der Waals surface area contributed by atoms with E-state index in [4.69, 9.17) is 23.7 Å². The van der Waals surface area contributed by atoms with Crippen molar-refractivity contribution in [2.45, 2.75) is 42.4 Å². The van der Waals surface area contributed by atoms with Gasteiger partial charge in [-0.2, -0.15) is 0 Å². The highest BCUT2D eigenvalue weighted by Gasteiger charge is 2.32. The first-order valence-corrected chi connectivity index (χ1v) is 15.6. The Kier molecular flexibility index (Phi) is 14.7. The topological polar surface area (TPSA) is 124 Å². The lowest BCUT2D eigenvalue weighted by Crippen LogP contribution is -2.30.